The molecule has 2 amide bonds. The molecule has 2 N–H and O–H groups in total. The van der Waals surface area contributed by atoms with Gasteiger partial charge >= 0.3 is 0 Å². The van der Waals surface area contributed by atoms with Crippen LogP contribution in [0.4, 0.5) is 0 Å². The van der Waals surface area contributed by atoms with Crippen LogP contribution in [-0.4, -0.2) is 64.4 Å². The summed E-state index contributed by atoms with van der Waals surface area (Å²) in [5, 5.41) is 0.878. The van der Waals surface area contributed by atoms with Crippen molar-refractivity contribution in [2.45, 2.75) is 44.2 Å². The van der Waals surface area contributed by atoms with Gasteiger partial charge in [0.05, 0.1) is 5.56 Å². The minimum Gasteiger partial charge on any atom is -0.366 e. The average Bonchev–Trinajstić information content (AvgIpc) is 3.44. The van der Waals surface area contributed by atoms with Crippen molar-refractivity contribution in [3.8, 4) is 0 Å². The number of likely N-dealkylation sites (tertiary alicyclic amines) is 1. The molecule has 1 saturated heterocycles. The monoisotopic (exact) mass is 369 g/mol. The lowest BCUT2D eigenvalue weighted by Gasteiger charge is -2.35. The number of hydrogen-bond acceptors (Lipinski definition) is 4. The Bertz CT molecular complexity index is 878. The van der Waals surface area contributed by atoms with Gasteiger partial charge < -0.3 is 20.1 Å². The van der Waals surface area contributed by atoms with Gasteiger partial charge in [0.15, 0.2) is 0 Å². The highest BCUT2D eigenvalue weighted by atomic mass is 16.2. The van der Waals surface area contributed by atoms with E-state index in [0.29, 0.717) is 24.1 Å². The first kappa shape index (κ1) is 18.0. The van der Waals surface area contributed by atoms with Crippen LogP contribution in [0.1, 0.15) is 47.7 Å². The highest BCUT2D eigenvalue weighted by Gasteiger charge is 2.30. The van der Waals surface area contributed by atoms with E-state index in [1.54, 1.807) is 6.07 Å². The van der Waals surface area contributed by atoms with Gasteiger partial charge in [-0.3, -0.25) is 9.59 Å². The fraction of sp³-hybridized carbons (Fsp3) is 0.550. The maximum atomic E-state index is 13.0. The van der Waals surface area contributed by atoms with E-state index in [4.69, 9.17) is 5.73 Å². The number of carbonyl (C=O) groups is 2. The number of nitrogens with zero attached hydrogens (tertiary/aromatic N) is 4. The summed E-state index contributed by atoms with van der Waals surface area (Å²) in [5.41, 5.74) is 7.68. The summed E-state index contributed by atoms with van der Waals surface area (Å²) in [7, 11) is 4.04. The van der Waals surface area contributed by atoms with Gasteiger partial charge in [-0.2, -0.15) is 0 Å². The SMILES string of the molecule is CN1CCC(N(C)C(=O)Cn2c(C3CC3)cc3cc(C(N)=O)cnc32)CC1. The van der Waals surface area contributed by atoms with Crippen LogP contribution < -0.4 is 5.73 Å². The first-order valence-electron chi connectivity index (χ1n) is 9.67. The predicted octanol–water partition coefficient (Wildman–Crippen LogP) is 1.57. The molecule has 144 valence electrons. The van der Waals surface area contributed by atoms with Gasteiger partial charge in [0.2, 0.25) is 11.8 Å². The van der Waals surface area contributed by atoms with E-state index in [9.17, 15) is 9.59 Å². The van der Waals surface area contributed by atoms with Crippen LogP contribution in [0.25, 0.3) is 11.0 Å². The maximum Gasteiger partial charge on any atom is 0.250 e. The number of piperidine rings is 1. The molecule has 7 nitrogen and oxygen atoms in total. The zero-order valence-corrected chi connectivity index (χ0v) is 16.0. The van der Waals surface area contributed by atoms with Crippen molar-refractivity contribution < 1.29 is 9.59 Å². The molecule has 0 spiro atoms. The molecule has 2 fully saturated rings. The molecular weight excluding hydrogens is 342 g/mol. The van der Waals surface area contributed by atoms with Gasteiger partial charge in [-0.1, -0.05) is 0 Å². The first-order chi connectivity index (χ1) is 12.9. The highest BCUT2D eigenvalue weighted by Crippen LogP contribution is 2.42. The van der Waals surface area contributed by atoms with Crippen LogP contribution in [0.15, 0.2) is 18.3 Å². The van der Waals surface area contributed by atoms with E-state index in [1.165, 1.54) is 6.20 Å². The summed E-state index contributed by atoms with van der Waals surface area (Å²) >= 11 is 0. The van der Waals surface area contributed by atoms with Gasteiger partial charge in [-0.15, -0.1) is 0 Å². The normalized spacial score (nSPS) is 18.7. The summed E-state index contributed by atoms with van der Waals surface area (Å²) < 4.78 is 2.03. The molecule has 2 aromatic rings. The molecule has 1 aliphatic heterocycles. The molecule has 1 aliphatic carbocycles. The van der Waals surface area contributed by atoms with Crippen molar-refractivity contribution in [1.82, 2.24) is 19.4 Å². The zero-order valence-electron chi connectivity index (χ0n) is 16.0. The van der Waals surface area contributed by atoms with E-state index < -0.39 is 5.91 Å². The van der Waals surface area contributed by atoms with Gasteiger partial charge in [0.1, 0.15) is 12.2 Å². The minimum atomic E-state index is -0.483. The van der Waals surface area contributed by atoms with Crippen molar-refractivity contribution in [3.63, 3.8) is 0 Å². The Balaban J connectivity index is 1.59. The number of nitrogens with two attached hydrogens (primary N) is 1. The molecule has 27 heavy (non-hydrogen) atoms. The lowest BCUT2D eigenvalue weighted by Crippen LogP contribution is -2.45. The Labute approximate surface area is 159 Å². The largest absolute Gasteiger partial charge is 0.366 e. The van der Waals surface area contributed by atoms with Gasteiger partial charge in [0, 0.05) is 30.4 Å². The topological polar surface area (TPSA) is 84.5 Å². The lowest BCUT2D eigenvalue weighted by atomic mass is 10.0. The van der Waals surface area contributed by atoms with E-state index in [2.05, 4.69) is 23.0 Å². The molecule has 3 heterocycles. The predicted molar refractivity (Wildman–Crippen MR) is 104 cm³/mol. The Morgan fingerprint density at radius 1 is 1.22 bits per heavy atom. The minimum absolute atomic E-state index is 0.115. The fourth-order valence-corrected chi connectivity index (χ4v) is 4.02. The average molecular weight is 369 g/mol. The summed E-state index contributed by atoms with van der Waals surface area (Å²) in [5.74, 6) is 0.116. The molecule has 4 rings (SSSR count). The number of hydrogen-bond donors (Lipinski definition) is 1. The van der Waals surface area contributed by atoms with E-state index in [1.807, 2.05) is 16.5 Å². The first-order valence-corrected chi connectivity index (χ1v) is 9.67. The standard InChI is InChI=1S/C20H27N5O2/c1-23-7-5-16(6-8-23)24(2)18(26)12-25-17(13-3-4-13)10-14-9-15(19(21)27)11-22-20(14)25/h9-11,13,16H,3-8,12H2,1-2H3,(H2,21,27). The highest BCUT2D eigenvalue weighted by molar-refractivity contribution is 5.96. The molecule has 0 atom stereocenters. The third kappa shape index (κ3) is 3.56. The number of rotatable bonds is 5. The van der Waals surface area contributed by atoms with Crippen LogP contribution in [0, 0.1) is 0 Å². The second kappa shape index (κ2) is 6.96. The molecule has 0 bridgehead atoms. The number of pyridine rings is 1. The molecule has 0 aromatic carbocycles. The van der Waals surface area contributed by atoms with E-state index >= 15 is 0 Å². The van der Waals surface area contributed by atoms with Gasteiger partial charge in [0.25, 0.3) is 0 Å². The van der Waals surface area contributed by atoms with E-state index in [0.717, 1.165) is 55.5 Å². The molecule has 0 radical (unpaired) electrons. The summed E-state index contributed by atoms with van der Waals surface area (Å²) in [6.07, 6.45) is 5.81. The molecule has 1 saturated carbocycles. The molecule has 0 unspecified atom stereocenters. The van der Waals surface area contributed by atoms with Gasteiger partial charge in [-0.25, -0.2) is 4.98 Å². The number of amides is 2. The van der Waals surface area contributed by atoms with Crippen LogP contribution in [0.3, 0.4) is 0 Å². The fourth-order valence-electron chi connectivity index (χ4n) is 4.02. The summed E-state index contributed by atoms with van der Waals surface area (Å²) in [4.78, 5) is 33.1. The zero-order chi connectivity index (χ0) is 19.1. The van der Waals surface area contributed by atoms with Crippen LogP contribution in [0.5, 0.6) is 0 Å². The third-order valence-corrected chi connectivity index (χ3v) is 5.97. The number of fused-ring (bicyclic) bond motifs is 1. The summed E-state index contributed by atoms with van der Waals surface area (Å²) in [6, 6.07) is 4.14. The second-order valence-electron chi connectivity index (χ2n) is 7.97. The molecular formula is C20H27N5O2. The third-order valence-electron chi connectivity index (χ3n) is 5.97. The quantitative estimate of drug-likeness (QED) is 0.867. The summed E-state index contributed by atoms with van der Waals surface area (Å²) in [6.45, 7) is 2.35. The smallest absolute Gasteiger partial charge is 0.250 e. The Hall–Kier alpha value is -2.41. The lowest BCUT2D eigenvalue weighted by molar-refractivity contribution is -0.133. The number of aromatic nitrogens is 2. The molecule has 2 aliphatic rings. The van der Waals surface area contributed by atoms with Crippen LogP contribution >= 0.6 is 0 Å². The van der Waals surface area contributed by atoms with Crippen molar-refractivity contribution in [1.29, 1.82) is 0 Å². The Morgan fingerprint density at radius 2 is 1.93 bits per heavy atom. The van der Waals surface area contributed by atoms with Crippen molar-refractivity contribution in [3.05, 3.63) is 29.6 Å². The van der Waals surface area contributed by atoms with Gasteiger partial charge in [-0.05, 0) is 63.9 Å². The van der Waals surface area contributed by atoms with E-state index in [-0.39, 0.29) is 5.91 Å². The van der Waals surface area contributed by atoms with Crippen molar-refractivity contribution >= 4 is 22.8 Å². The second-order valence-corrected chi connectivity index (χ2v) is 7.97. The molecule has 7 heteroatoms. The van der Waals surface area contributed by atoms with Crippen molar-refractivity contribution in [2.24, 2.45) is 5.73 Å². The Kier molecular flexibility index (Phi) is 4.63. The number of carbonyl (C=O) groups excluding carboxylic acids is 2. The number of likely N-dealkylation sites (N-methyl/N-ethyl adjacent to an activating group) is 1. The van der Waals surface area contributed by atoms with Crippen LogP contribution in [-0.2, 0) is 11.3 Å². The van der Waals surface area contributed by atoms with Crippen molar-refractivity contribution in [2.75, 3.05) is 27.2 Å². The van der Waals surface area contributed by atoms with Crippen LogP contribution in [0.2, 0.25) is 0 Å². The Morgan fingerprint density at radius 3 is 2.56 bits per heavy atom. The maximum absolute atomic E-state index is 13.0. The number of primary amides is 1. The molecule has 2 aromatic heterocycles.